The predicted molar refractivity (Wildman–Crippen MR) is 76.3 cm³/mol. The van der Waals surface area contributed by atoms with Crippen molar-refractivity contribution in [1.29, 1.82) is 0 Å². The number of carbonyl (C=O) groups is 2. The van der Waals surface area contributed by atoms with E-state index in [0.717, 1.165) is 0 Å². The van der Waals surface area contributed by atoms with Gasteiger partial charge in [0.2, 0.25) is 0 Å². The Morgan fingerprint density at radius 2 is 2.05 bits per heavy atom. The lowest BCUT2D eigenvalue weighted by Gasteiger charge is -2.33. The van der Waals surface area contributed by atoms with Crippen molar-refractivity contribution in [3.63, 3.8) is 0 Å². The van der Waals surface area contributed by atoms with Gasteiger partial charge in [-0.3, -0.25) is 9.59 Å². The maximum absolute atomic E-state index is 14.0. The third-order valence-electron chi connectivity index (χ3n) is 4.94. The van der Waals surface area contributed by atoms with E-state index in [9.17, 15) is 14.0 Å². The molecule has 1 aromatic rings. The largest absolute Gasteiger partial charge is 0.496 e. The molecule has 1 amide bonds. The zero-order chi connectivity index (χ0) is 15.9. The molecular formula is C16H18FNO4. The highest BCUT2D eigenvalue weighted by Crippen LogP contribution is 2.59. The molecule has 3 rings (SSSR count). The van der Waals surface area contributed by atoms with Gasteiger partial charge in [0.1, 0.15) is 17.1 Å². The Hall–Kier alpha value is -2.11. The molecule has 6 heteroatoms. The number of carbonyl (C=O) groups excluding carboxylic acids is 1. The summed E-state index contributed by atoms with van der Waals surface area (Å²) in [5.74, 6) is -1.81. The Morgan fingerprint density at radius 3 is 2.59 bits per heavy atom. The number of ether oxygens (including phenoxy) is 1. The van der Waals surface area contributed by atoms with E-state index >= 15 is 0 Å². The van der Waals surface area contributed by atoms with Gasteiger partial charge in [-0.25, -0.2) is 4.39 Å². The van der Waals surface area contributed by atoms with E-state index in [2.05, 4.69) is 0 Å². The summed E-state index contributed by atoms with van der Waals surface area (Å²) in [6.45, 7) is 0.917. The summed E-state index contributed by atoms with van der Waals surface area (Å²) in [6.07, 6.45) is 2.01. The number of benzene rings is 1. The molecule has 0 radical (unpaired) electrons. The number of hydrogen-bond acceptors (Lipinski definition) is 3. The van der Waals surface area contributed by atoms with Crippen LogP contribution in [0.5, 0.6) is 5.75 Å². The maximum atomic E-state index is 14.0. The fraction of sp³-hybridized carbons (Fsp3) is 0.500. The SMILES string of the molecule is COc1cccc(F)c1C(=O)N1CCC2(CC1)CC2C(=O)O. The second-order valence-electron chi connectivity index (χ2n) is 6.07. The van der Waals surface area contributed by atoms with E-state index in [0.29, 0.717) is 32.4 Å². The van der Waals surface area contributed by atoms with Gasteiger partial charge >= 0.3 is 5.97 Å². The first-order valence-electron chi connectivity index (χ1n) is 7.33. The second-order valence-corrected chi connectivity index (χ2v) is 6.07. The highest BCUT2D eigenvalue weighted by molar-refractivity contribution is 5.97. The molecule has 22 heavy (non-hydrogen) atoms. The van der Waals surface area contributed by atoms with Crippen LogP contribution in [0.15, 0.2) is 18.2 Å². The monoisotopic (exact) mass is 307 g/mol. The fourth-order valence-electron chi connectivity index (χ4n) is 3.44. The minimum absolute atomic E-state index is 0.0495. The lowest BCUT2D eigenvalue weighted by molar-refractivity contribution is -0.139. The van der Waals surface area contributed by atoms with Gasteiger partial charge in [0.25, 0.3) is 5.91 Å². The Kier molecular flexibility index (Phi) is 3.54. The molecule has 1 saturated heterocycles. The average molecular weight is 307 g/mol. The fourth-order valence-corrected chi connectivity index (χ4v) is 3.44. The zero-order valence-corrected chi connectivity index (χ0v) is 12.3. The number of carboxylic acid groups (broad SMARTS) is 1. The van der Waals surface area contributed by atoms with Crippen LogP contribution in [-0.2, 0) is 4.79 Å². The Bertz CT molecular complexity index is 623. The standard InChI is InChI=1S/C16H18FNO4/c1-22-12-4-2-3-11(17)13(12)14(19)18-7-5-16(6-8-18)9-10(16)15(20)21/h2-4,10H,5-9H2,1H3,(H,20,21). The number of halogens is 1. The molecule has 1 spiro atoms. The van der Waals surface area contributed by atoms with Crippen LogP contribution in [0, 0.1) is 17.2 Å². The van der Waals surface area contributed by atoms with E-state index < -0.39 is 17.7 Å². The second kappa shape index (κ2) is 5.26. The number of methoxy groups -OCH3 is 1. The number of likely N-dealkylation sites (tertiary alicyclic amines) is 1. The number of rotatable bonds is 3. The molecule has 1 aliphatic carbocycles. The van der Waals surface area contributed by atoms with Gasteiger partial charge in [-0.2, -0.15) is 0 Å². The van der Waals surface area contributed by atoms with Crippen LogP contribution in [0.25, 0.3) is 0 Å². The maximum Gasteiger partial charge on any atom is 0.307 e. The molecule has 1 atom stereocenters. The zero-order valence-electron chi connectivity index (χ0n) is 12.3. The molecule has 0 bridgehead atoms. The van der Waals surface area contributed by atoms with Crippen LogP contribution >= 0.6 is 0 Å². The summed E-state index contributed by atoms with van der Waals surface area (Å²) in [6, 6.07) is 4.30. The molecule has 0 aromatic heterocycles. The van der Waals surface area contributed by atoms with Crippen LogP contribution in [0.2, 0.25) is 0 Å². The van der Waals surface area contributed by atoms with Gasteiger partial charge < -0.3 is 14.7 Å². The quantitative estimate of drug-likeness (QED) is 0.929. The van der Waals surface area contributed by atoms with Crippen molar-refractivity contribution in [2.75, 3.05) is 20.2 Å². The highest BCUT2D eigenvalue weighted by Gasteiger charge is 2.59. The minimum Gasteiger partial charge on any atom is -0.496 e. The first kappa shape index (κ1) is 14.8. The van der Waals surface area contributed by atoms with Crippen LogP contribution in [0.3, 0.4) is 0 Å². The summed E-state index contributed by atoms with van der Waals surface area (Å²) < 4.78 is 19.0. The first-order valence-corrected chi connectivity index (χ1v) is 7.33. The van der Waals surface area contributed by atoms with E-state index in [1.807, 2.05) is 0 Å². The van der Waals surface area contributed by atoms with Gasteiger partial charge in [-0.15, -0.1) is 0 Å². The summed E-state index contributed by atoms with van der Waals surface area (Å²) >= 11 is 0. The van der Waals surface area contributed by atoms with Crippen molar-refractivity contribution in [1.82, 2.24) is 4.90 Å². The Morgan fingerprint density at radius 1 is 1.36 bits per heavy atom. The molecule has 2 aliphatic rings. The third kappa shape index (κ3) is 2.32. The number of hydrogen-bond donors (Lipinski definition) is 1. The molecular weight excluding hydrogens is 289 g/mol. The molecule has 1 unspecified atom stereocenters. The highest BCUT2D eigenvalue weighted by atomic mass is 19.1. The van der Waals surface area contributed by atoms with Gasteiger partial charge in [0, 0.05) is 13.1 Å². The van der Waals surface area contributed by atoms with E-state index in [1.165, 1.54) is 19.2 Å². The molecule has 1 aromatic carbocycles. The normalized spacial score (nSPS) is 22.5. The van der Waals surface area contributed by atoms with Crippen molar-refractivity contribution in [2.24, 2.45) is 11.3 Å². The molecule has 1 heterocycles. The van der Waals surface area contributed by atoms with Gasteiger partial charge in [-0.1, -0.05) is 6.07 Å². The molecule has 1 saturated carbocycles. The Labute approximate surface area is 127 Å². The van der Waals surface area contributed by atoms with Crippen molar-refractivity contribution < 1.29 is 23.8 Å². The van der Waals surface area contributed by atoms with Crippen LogP contribution in [0.4, 0.5) is 4.39 Å². The van der Waals surface area contributed by atoms with Crippen LogP contribution < -0.4 is 4.74 Å². The average Bonchev–Trinajstić information content (AvgIpc) is 3.21. The number of amides is 1. The molecule has 1 aliphatic heterocycles. The molecule has 5 nitrogen and oxygen atoms in total. The smallest absolute Gasteiger partial charge is 0.307 e. The first-order chi connectivity index (χ1) is 10.5. The van der Waals surface area contributed by atoms with E-state index in [1.54, 1.807) is 11.0 Å². The van der Waals surface area contributed by atoms with Crippen molar-refractivity contribution in [3.8, 4) is 5.75 Å². The predicted octanol–water partition coefficient (Wildman–Crippen LogP) is 2.16. The number of piperidine rings is 1. The summed E-state index contributed by atoms with van der Waals surface area (Å²) in [4.78, 5) is 25.2. The van der Waals surface area contributed by atoms with Crippen molar-refractivity contribution in [3.05, 3.63) is 29.6 Å². The van der Waals surface area contributed by atoms with Crippen LogP contribution in [-0.4, -0.2) is 42.1 Å². The number of nitrogens with zero attached hydrogens (tertiary/aromatic N) is 1. The summed E-state index contributed by atoms with van der Waals surface area (Å²) in [5, 5.41) is 9.08. The number of carboxylic acids is 1. The lowest BCUT2D eigenvalue weighted by atomic mass is 9.90. The lowest BCUT2D eigenvalue weighted by Crippen LogP contribution is -2.40. The summed E-state index contributed by atoms with van der Waals surface area (Å²) in [7, 11) is 1.40. The van der Waals surface area contributed by atoms with Gasteiger partial charge in [0.15, 0.2) is 0 Å². The van der Waals surface area contributed by atoms with Crippen molar-refractivity contribution in [2.45, 2.75) is 19.3 Å². The van der Waals surface area contributed by atoms with Crippen LogP contribution in [0.1, 0.15) is 29.6 Å². The third-order valence-corrected chi connectivity index (χ3v) is 4.94. The molecule has 2 fully saturated rings. The van der Waals surface area contributed by atoms with Gasteiger partial charge in [-0.05, 0) is 36.8 Å². The van der Waals surface area contributed by atoms with E-state index in [-0.39, 0.29) is 22.6 Å². The summed E-state index contributed by atoms with van der Waals surface area (Å²) in [5.41, 5.74) is -0.200. The topological polar surface area (TPSA) is 66.8 Å². The van der Waals surface area contributed by atoms with Crippen molar-refractivity contribution >= 4 is 11.9 Å². The number of aliphatic carboxylic acids is 1. The van der Waals surface area contributed by atoms with Gasteiger partial charge in [0.05, 0.1) is 13.0 Å². The molecule has 118 valence electrons. The molecule has 1 N–H and O–H groups in total. The van der Waals surface area contributed by atoms with E-state index in [4.69, 9.17) is 9.84 Å². The Balaban J connectivity index is 1.72. The minimum atomic E-state index is -0.754.